The Morgan fingerprint density at radius 3 is 2.80 bits per heavy atom. The SMILES string of the molecule is CC1C=C2C=C3C(O)C(O)C(N(C)C)CC34CCC2(O4)C2CC=C(C(=O)Nc3cccnc3)C12C. The van der Waals surface area contributed by atoms with Crippen LogP contribution in [0, 0.1) is 17.3 Å². The van der Waals surface area contributed by atoms with E-state index in [4.69, 9.17) is 4.74 Å². The zero-order valence-corrected chi connectivity index (χ0v) is 20.9. The molecular weight excluding hydrogens is 442 g/mol. The first-order valence-electron chi connectivity index (χ1n) is 12.7. The van der Waals surface area contributed by atoms with Crippen molar-refractivity contribution >= 4 is 11.6 Å². The summed E-state index contributed by atoms with van der Waals surface area (Å²) in [6, 6.07) is 3.48. The van der Waals surface area contributed by atoms with Gasteiger partial charge in [0, 0.05) is 29.1 Å². The van der Waals surface area contributed by atoms with Gasteiger partial charge in [0.15, 0.2) is 0 Å². The molecule has 0 aromatic carbocycles. The fourth-order valence-corrected chi connectivity index (χ4v) is 7.80. The molecule has 3 N–H and O–H groups in total. The van der Waals surface area contributed by atoms with Gasteiger partial charge in [0.05, 0.1) is 29.2 Å². The van der Waals surface area contributed by atoms with Gasteiger partial charge in [-0.15, -0.1) is 0 Å². The van der Waals surface area contributed by atoms with E-state index in [0.717, 1.165) is 36.0 Å². The van der Waals surface area contributed by atoms with Gasteiger partial charge in [0.25, 0.3) is 5.91 Å². The number of aromatic nitrogens is 1. The van der Waals surface area contributed by atoms with Crippen molar-refractivity contribution in [3.8, 4) is 0 Å². The van der Waals surface area contributed by atoms with Crippen LogP contribution in [0.2, 0.25) is 0 Å². The van der Waals surface area contributed by atoms with Crippen molar-refractivity contribution in [3.05, 3.63) is 59.5 Å². The van der Waals surface area contributed by atoms with E-state index in [1.165, 1.54) is 0 Å². The highest BCUT2D eigenvalue weighted by atomic mass is 16.5. The van der Waals surface area contributed by atoms with E-state index in [9.17, 15) is 15.0 Å². The molecule has 7 heteroatoms. The molecule has 6 rings (SSSR count). The quantitative estimate of drug-likeness (QED) is 0.620. The predicted octanol–water partition coefficient (Wildman–Crippen LogP) is 2.83. The molecule has 3 heterocycles. The molecule has 35 heavy (non-hydrogen) atoms. The van der Waals surface area contributed by atoms with Crippen LogP contribution in [0.5, 0.6) is 0 Å². The summed E-state index contributed by atoms with van der Waals surface area (Å²) in [5, 5.41) is 25.0. The maximum absolute atomic E-state index is 13.5. The highest BCUT2D eigenvalue weighted by Gasteiger charge is 2.68. The molecule has 7 nitrogen and oxygen atoms in total. The van der Waals surface area contributed by atoms with Crippen LogP contribution in [0.1, 0.15) is 39.5 Å². The summed E-state index contributed by atoms with van der Waals surface area (Å²) in [6.07, 6.45) is 11.1. The largest absolute Gasteiger partial charge is 0.388 e. The van der Waals surface area contributed by atoms with Crippen molar-refractivity contribution in [2.75, 3.05) is 19.4 Å². The molecule has 2 fully saturated rings. The second-order valence-corrected chi connectivity index (χ2v) is 11.6. The van der Waals surface area contributed by atoms with E-state index < -0.39 is 23.4 Å². The van der Waals surface area contributed by atoms with Gasteiger partial charge in [0.1, 0.15) is 6.10 Å². The lowest BCUT2D eigenvalue weighted by atomic mass is 9.55. The maximum Gasteiger partial charge on any atom is 0.251 e. The lowest BCUT2D eigenvalue weighted by Crippen LogP contribution is -2.62. The Morgan fingerprint density at radius 1 is 1.29 bits per heavy atom. The summed E-state index contributed by atoms with van der Waals surface area (Å²) in [6.45, 7) is 4.38. The number of aliphatic hydroxyl groups excluding tert-OH is 2. The first-order chi connectivity index (χ1) is 16.6. The first kappa shape index (κ1) is 23.1. The molecule has 1 amide bonds. The third-order valence-electron chi connectivity index (χ3n) is 9.81. The lowest BCUT2D eigenvalue weighted by Gasteiger charge is -2.57. The van der Waals surface area contributed by atoms with Gasteiger partial charge in [-0.1, -0.05) is 32.1 Å². The molecule has 0 radical (unpaired) electrons. The number of hydrogen-bond donors (Lipinski definition) is 3. The molecule has 1 aromatic rings. The Bertz CT molecular complexity index is 1160. The Morgan fingerprint density at radius 2 is 2.09 bits per heavy atom. The van der Waals surface area contributed by atoms with E-state index in [0.29, 0.717) is 12.1 Å². The molecule has 186 valence electrons. The summed E-state index contributed by atoms with van der Waals surface area (Å²) in [5.41, 5.74) is 1.98. The van der Waals surface area contributed by atoms with E-state index in [2.05, 4.69) is 42.4 Å². The minimum atomic E-state index is -0.945. The average molecular weight is 478 g/mol. The van der Waals surface area contributed by atoms with Crippen molar-refractivity contribution in [3.63, 3.8) is 0 Å². The molecule has 2 bridgehead atoms. The Labute approximate surface area is 206 Å². The van der Waals surface area contributed by atoms with Gasteiger partial charge in [-0.3, -0.25) is 9.78 Å². The smallest absolute Gasteiger partial charge is 0.251 e. The number of carbonyl (C=O) groups is 1. The monoisotopic (exact) mass is 477 g/mol. The number of nitrogens with one attached hydrogen (secondary N) is 1. The minimum Gasteiger partial charge on any atom is -0.388 e. The van der Waals surface area contributed by atoms with Crippen molar-refractivity contribution < 1.29 is 19.7 Å². The van der Waals surface area contributed by atoms with Crippen molar-refractivity contribution in [2.45, 2.75) is 69.0 Å². The molecule has 1 saturated carbocycles. The average Bonchev–Trinajstić information content (AvgIpc) is 3.35. The van der Waals surface area contributed by atoms with Crippen LogP contribution in [0.4, 0.5) is 5.69 Å². The number of ether oxygens (including phenoxy) is 1. The molecule has 2 aliphatic heterocycles. The summed E-state index contributed by atoms with van der Waals surface area (Å²) in [5.74, 6) is 0.153. The first-order valence-corrected chi connectivity index (χ1v) is 12.7. The molecule has 5 aliphatic rings. The predicted molar refractivity (Wildman–Crippen MR) is 132 cm³/mol. The zero-order chi connectivity index (χ0) is 24.8. The summed E-state index contributed by atoms with van der Waals surface area (Å²) in [7, 11) is 3.89. The third kappa shape index (κ3) is 2.99. The number of fused-ring (bicyclic) bond motifs is 1. The molecular formula is C28H35N3O4. The molecule has 2 spiro atoms. The van der Waals surface area contributed by atoms with Crippen LogP contribution in [0.15, 0.2) is 59.5 Å². The molecule has 8 atom stereocenters. The third-order valence-corrected chi connectivity index (χ3v) is 9.81. The van der Waals surface area contributed by atoms with Crippen LogP contribution in [0.3, 0.4) is 0 Å². The Kier molecular flexibility index (Phi) is 5.01. The number of anilines is 1. The molecule has 8 unspecified atom stereocenters. The van der Waals surface area contributed by atoms with Crippen molar-refractivity contribution in [1.82, 2.24) is 9.88 Å². The summed E-state index contributed by atoms with van der Waals surface area (Å²) < 4.78 is 7.14. The number of carbonyl (C=O) groups excluding carboxylic acids is 1. The van der Waals surface area contributed by atoms with E-state index >= 15 is 0 Å². The Balaban J connectivity index is 1.38. The number of nitrogens with zero attached hydrogens (tertiary/aromatic N) is 2. The minimum absolute atomic E-state index is 0.0771. The Hall–Kier alpha value is -2.32. The fourth-order valence-electron chi connectivity index (χ4n) is 7.80. The van der Waals surface area contributed by atoms with Crippen LogP contribution in [0.25, 0.3) is 0 Å². The van der Waals surface area contributed by atoms with Gasteiger partial charge in [-0.05, 0) is 69.0 Å². The van der Waals surface area contributed by atoms with Crippen LogP contribution in [-0.4, -0.2) is 69.6 Å². The highest BCUT2D eigenvalue weighted by molar-refractivity contribution is 6.05. The van der Waals surface area contributed by atoms with Gasteiger partial charge in [0.2, 0.25) is 0 Å². The number of amides is 1. The summed E-state index contributed by atoms with van der Waals surface area (Å²) in [4.78, 5) is 19.6. The molecule has 3 aliphatic carbocycles. The van der Waals surface area contributed by atoms with Gasteiger partial charge < -0.3 is 25.2 Å². The number of allylic oxidation sites excluding steroid dienone is 2. The number of pyridine rings is 1. The number of hydrogen-bond acceptors (Lipinski definition) is 6. The highest BCUT2D eigenvalue weighted by Crippen LogP contribution is 2.67. The van der Waals surface area contributed by atoms with Crippen molar-refractivity contribution in [2.24, 2.45) is 17.3 Å². The van der Waals surface area contributed by atoms with Crippen LogP contribution < -0.4 is 5.32 Å². The lowest BCUT2D eigenvalue weighted by molar-refractivity contribution is -0.167. The second-order valence-electron chi connectivity index (χ2n) is 11.6. The summed E-state index contributed by atoms with van der Waals surface area (Å²) >= 11 is 0. The van der Waals surface area contributed by atoms with E-state index in [-0.39, 0.29) is 29.2 Å². The standard InChI is InChI=1S/C28H35N3O4/c1-16-12-17-13-20-23(32)24(33)21(31(3)4)14-27(20)9-10-28(17,35-27)22-8-7-19(26(16,22)2)25(34)30-18-6-5-11-29-15-18/h5-7,11-13,15-16,21-24,32-33H,8-10,14H2,1-4H3,(H,30,34). The molecule has 1 aromatic heterocycles. The molecule has 1 saturated heterocycles. The fraction of sp³-hybridized carbons (Fsp3) is 0.571. The topological polar surface area (TPSA) is 94.9 Å². The van der Waals surface area contributed by atoms with E-state index in [1.54, 1.807) is 12.4 Å². The maximum atomic E-state index is 13.5. The van der Waals surface area contributed by atoms with E-state index in [1.807, 2.05) is 31.1 Å². The number of rotatable bonds is 3. The second kappa shape index (κ2) is 7.59. The number of aliphatic hydroxyl groups is 2. The normalized spacial score (nSPS) is 43.5. The van der Waals surface area contributed by atoms with Crippen LogP contribution >= 0.6 is 0 Å². The van der Waals surface area contributed by atoms with Gasteiger partial charge >= 0.3 is 0 Å². The van der Waals surface area contributed by atoms with Crippen molar-refractivity contribution in [1.29, 1.82) is 0 Å². The number of likely N-dealkylation sites (N-methyl/N-ethyl adjacent to an activating group) is 1. The zero-order valence-electron chi connectivity index (χ0n) is 20.9. The van der Waals surface area contributed by atoms with Crippen LogP contribution in [-0.2, 0) is 9.53 Å². The van der Waals surface area contributed by atoms with Gasteiger partial charge in [-0.2, -0.15) is 0 Å². The van der Waals surface area contributed by atoms with Gasteiger partial charge in [-0.25, -0.2) is 0 Å².